The highest BCUT2D eigenvalue weighted by Gasteiger charge is 2.10. The lowest BCUT2D eigenvalue weighted by Gasteiger charge is -2.10. The number of benzene rings is 1. The second-order valence-corrected chi connectivity index (χ2v) is 4.68. The summed E-state index contributed by atoms with van der Waals surface area (Å²) in [6.07, 6.45) is -0.285. The summed E-state index contributed by atoms with van der Waals surface area (Å²) >= 11 is 4.78. The van der Waals surface area contributed by atoms with E-state index >= 15 is 0 Å². The van der Waals surface area contributed by atoms with Gasteiger partial charge in [-0.2, -0.15) is 0 Å². The van der Waals surface area contributed by atoms with E-state index in [2.05, 4.69) is 21.5 Å². The molecule has 0 heterocycles. The van der Waals surface area contributed by atoms with E-state index < -0.39 is 5.91 Å². The topological polar surface area (TPSA) is 82.3 Å². The highest BCUT2D eigenvalue weighted by Crippen LogP contribution is 2.14. The van der Waals surface area contributed by atoms with Crippen molar-refractivity contribution in [1.29, 1.82) is 0 Å². The second kappa shape index (κ2) is 7.44. The van der Waals surface area contributed by atoms with E-state index in [0.717, 1.165) is 11.1 Å². The molecule has 0 aliphatic rings. The molecule has 0 aromatic heterocycles. The Kier molecular flexibility index (Phi) is 5.92. The molecule has 0 unspecified atom stereocenters. The zero-order chi connectivity index (χ0) is 15.1. The Morgan fingerprint density at radius 3 is 2.40 bits per heavy atom. The van der Waals surface area contributed by atoms with Crippen LogP contribution in [-0.2, 0) is 9.59 Å². The van der Waals surface area contributed by atoms with Gasteiger partial charge in [0.25, 0.3) is 0 Å². The van der Waals surface area contributed by atoms with E-state index in [0.29, 0.717) is 5.69 Å². The third kappa shape index (κ3) is 5.23. The van der Waals surface area contributed by atoms with Crippen molar-refractivity contribution < 1.29 is 9.59 Å². The molecule has 1 rings (SSSR count). The molecule has 0 aliphatic heterocycles. The molecule has 4 N–H and O–H groups in total. The highest BCUT2D eigenvalue weighted by molar-refractivity contribution is 7.80. The van der Waals surface area contributed by atoms with Gasteiger partial charge in [0.15, 0.2) is 5.11 Å². The van der Waals surface area contributed by atoms with Crippen LogP contribution < -0.4 is 21.5 Å². The minimum absolute atomic E-state index is 0.271. The van der Waals surface area contributed by atoms with Crippen LogP contribution >= 0.6 is 12.2 Å². The van der Waals surface area contributed by atoms with Crippen molar-refractivity contribution >= 4 is 34.8 Å². The number of aryl methyl sites for hydroxylation is 2. The van der Waals surface area contributed by atoms with Gasteiger partial charge >= 0.3 is 0 Å². The third-order valence-corrected chi connectivity index (χ3v) is 2.96. The zero-order valence-corrected chi connectivity index (χ0v) is 12.5. The Labute approximate surface area is 123 Å². The van der Waals surface area contributed by atoms with Gasteiger partial charge in [0.1, 0.15) is 6.42 Å². The predicted octanol–water partition coefficient (Wildman–Crippen LogP) is 0.757. The lowest BCUT2D eigenvalue weighted by atomic mass is 10.1. The van der Waals surface area contributed by atoms with Crippen LogP contribution in [0.4, 0.5) is 5.69 Å². The Bertz CT molecular complexity index is 531. The molecule has 0 saturated heterocycles. The van der Waals surface area contributed by atoms with E-state index in [1.54, 1.807) is 13.1 Å². The van der Waals surface area contributed by atoms with Crippen LogP contribution in [0.5, 0.6) is 0 Å². The minimum Gasteiger partial charge on any atom is -0.364 e. The SMILES string of the molecule is CNC(=S)NNC(=O)CC(=O)Nc1ccc(C)c(C)c1. The number of carbonyl (C=O) groups is 2. The van der Waals surface area contributed by atoms with Crippen LogP contribution in [0.3, 0.4) is 0 Å². The summed E-state index contributed by atoms with van der Waals surface area (Å²) in [7, 11) is 1.62. The van der Waals surface area contributed by atoms with Crippen molar-refractivity contribution in [2.24, 2.45) is 0 Å². The van der Waals surface area contributed by atoms with Crippen molar-refractivity contribution in [3.8, 4) is 0 Å². The number of hydrogen-bond acceptors (Lipinski definition) is 3. The maximum absolute atomic E-state index is 11.7. The first-order valence-electron chi connectivity index (χ1n) is 6.06. The Balaban J connectivity index is 2.45. The number of anilines is 1. The number of hydrogen-bond donors (Lipinski definition) is 4. The molecular weight excluding hydrogens is 276 g/mol. The standard InChI is InChI=1S/C13H18N4O2S/c1-8-4-5-10(6-9(8)2)15-11(18)7-12(19)16-17-13(20)14-3/h4-6H,7H2,1-3H3,(H,15,18)(H,16,19)(H2,14,17,20). The number of nitrogens with one attached hydrogen (secondary N) is 4. The van der Waals surface area contributed by atoms with Crippen molar-refractivity contribution in [3.05, 3.63) is 29.3 Å². The summed E-state index contributed by atoms with van der Waals surface area (Å²) in [6, 6.07) is 5.57. The molecule has 0 atom stereocenters. The maximum Gasteiger partial charge on any atom is 0.247 e. The number of hydrazine groups is 1. The average Bonchev–Trinajstić information content (AvgIpc) is 2.40. The molecule has 0 aliphatic carbocycles. The molecule has 1 aromatic rings. The smallest absolute Gasteiger partial charge is 0.247 e. The molecule has 0 radical (unpaired) electrons. The van der Waals surface area contributed by atoms with E-state index in [-0.39, 0.29) is 17.4 Å². The van der Waals surface area contributed by atoms with Gasteiger partial charge in [-0.1, -0.05) is 6.07 Å². The van der Waals surface area contributed by atoms with Crippen LogP contribution in [0.2, 0.25) is 0 Å². The highest BCUT2D eigenvalue weighted by atomic mass is 32.1. The summed E-state index contributed by atoms with van der Waals surface area (Å²) in [6.45, 7) is 3.95. The van der Waals surface area contributed by atoms with Crippen molar-refractivity contribution in [1.82, 2.24) is 16.2 Å². The quantitative estimate of drug-likeness (QED) is 0.376. The lowest BCUT2D eigenvalue weighted by molar-refractivity contribution is -0.127. The van der Waals surface area contributed by atoms with Gasteiger partial charge in [-0.25, -0.2) is 0 Å². The van der Waals surface area contributed by atoms with Gasteiger partial charge in [-0.05, 0) is 49.3 Å². The van der Waals surface area contributed by atoms with E-state index in [1.165, 1.54) is 0 Å². The van der Waals surface area contributed by atoms with E-state index in [9.17, 15) is 9.59 Å². The summed E-state index contributed by atoms with van der Waals surface area (Å²) in [5.74, 6) is -0.855. The van der Waals surface area contributed by atoms with Gasteiger partial charge in [0.05, 0.1) is 0 Å². The lowest BCUT2D eigenvalue weighted by Crippen LogP contribution is -2.46. The largest absolute Gasteiger partial charge is 0.364 e. The minimum atomic E-state index is -0.469. The molecule has 0 bridgehead atoms. The molecule has 6 nitrogen and oxygen atoms in total. The number of amides is 2. The van der Waals surface area contributed by atoms with Gasteiger partial charge in [0, 0.05) is 12.7 Å². The fourth-order valence-corrected chi connectivity index (χ4v) is 1.45. The van der Waals surface area contributed by atoms with Gasteiger partial charge < -0.3 is 10.6 Å². The number of rotatable bonds is 3. The van der Waals surface area contributed by atoms with E-state index in [1.807, 2.05) is 26.0 Å². The second-order valence-electron chi connectivity index (χ2n) is 4.28. The summed E-state index contributed by atoms with van der Waals surface area (Å²) in [4.78, 5) is 23.1. The van der Waals surface area contributed by atoms with Gasteiger partial charge in [-0.15, -0.1) is 0 Å². The van der Waals surface area contributed by atoms with Crippen LogP contribution in [0.1, 0.15) is 17.5 Å². The number of carbonyl (C=O) groups excluding carboxylic acids is 2. The first-order chi connectivity index (χ1) is 9.42. The number of thiocarbonyl (C=S) groups is 1. The predicted molar refractivity (Wildman–Crippen MR) is 82.1 cm³/mol. The normalized spacial score (nSPS) is 9.55. The van der Waals surface area contributed by atoms with Gasteiger partial charge in [-0.3, -0.25) is 20.4 Å². The molecular formula is C13H18N4O2S. The Morgan fingerprint density at radius 2 is 1.80 bits per heavy atom. The molecule has 0 fully saturated rings. The first kappa shape index (κ1) is 15.9. The van der Waals surface area contributed by atoms with Crippen molar-refractivity contribution in [3.63, 3.8) is 0 Å². The molecule has 2 amide bonds. The van der Waals surface area contributed by atoms with E-state index in [4.69, 9.17) is 12.2 Å². The van der Waals surface area contributed by atoms with Gasteiger partial charge in [0.2, 0.25) is 11.8 Å². The average molecular weight is 294 g/mol. The zero-order valence-electron chi connectivity index (χ0n) is 11.7. The fourth-order valence-electron chi connectivity index (χ4n) is 1.40. The summed E-state index contributed by atoms with van der Waals surface area (Å²) in [5, 5.41) is 5.57. The molecule has 108 valence electrons. The summed E-state index contributed by atoms with van der Waals surface area (Å²) < 4.78 is 0. The first-order valence-corrected chi connectivity index (χ1v) is 6.47. The molecule has 20 heavy (non-hydrogen) atoms. The maximum atomic E-state index is 11.7. The fraction of sp³-hybridized carbons (Fsp3) is 0.308. The van der Waals surface area contributed by atoms with Crippen LogP contribution in [0.15, 0.2) is 18.2 Å². The van der Waals surface area contributed by atoms with Crippen LogP contribution in [0.25, 0.3) is 0 Å². The third-order valence-electron chi connectivity index (χ3n) is 2.65. The Hall–Kier alpha value is -2.15. The monoisotopic (exact) mass is 294 g/mol. The summed E-state index contributed by atoms with van der Waals surface area (Å²) in [5.41, 5.74) is 7.67. The molecule has 0 saturated carbocycles. The van der Waals surface area contributed by atoms with Crippen LogP contribution in [0, 0.1) is 13.8 Å². The van der Waals surface area contributed by atoms with Crippen LogP contribution in [-0.4, -0.2) is 24.0 Å². The van der Waals surface area contributed by atoms with Crippen molar-refractivity contribution in [2.75, 3.05) is 12.4 Å². The molecule has 1 aromatic carbocycles. The van der Waals surface area contributed by atoms with Crippen molar-refractivity contribution in [2.45, 2.75) is 20.3 Å². The molecule has 0 spiro atoms. The Morgan fingerprint density at radius 1 is 1.10 bits per heavy atom. The molecule has 7 heteroatoms.